The summed E-state index contributed by atoms with van der Waals surface area (Å²) in [4.78, 5) is 16.2. The molecule has 0 saturated heterocycles. The Balaban J connectivity index is 2.28. The van der Waals surface area contributed by atoms with Crippen molar-refractivity contribution in [3.05, 3.63) is 57.6 Å². The standard InChI is InChI=1S/C14H11Cl2FN2O/c1-2-10-5-8(6-13(16)18-10)14(20)19-12-7-9(17)3-4-11(12)15/h3-7H,2H2,1H3,(H,19,20). The summed E-state index contributed by atoms with van der Waals surface area (Å²) in [5, 5.41) is 3.04. The molecule has 104 valence electrons. The van der Waals surface area contributed by atoms with Gasteiger partial charge < -0.3 is 5.32 Å². The molecule has 0 aliphatic heterocycles. The fourth-order valence-electron chi connectivity index (χ4n) is 1.65. The number of aryl methyl sites for hydroxylation is 1. The normalized spacial score (nSPS) is 10.4. The summed E-state index contributed by atoms with van der Waals surface area (Å²) in [7, 11) is 0. The van der Waals surface area contributed by atoms with Crippen LogP contribution in [0.15, 0.2) is 30.3 Å². The Morgan fingerprint density at radius 2 is 2.05 bits per heavy atom. The van der Waals surface area contributed by atoms with Crippen LogP contribution in [0.5, 0.6) is 0 Å². The Morgan fingerprint density at radius 1 is 1.30 bits per heavy atom. The number of rotatable bonds is 3. The van der Waals surface area contributed by atoms with Gasteiger partial charge in [0.1, 0.15) is 11.0 Å². The molecular weight excluding hydrogens is 302 g/mol. The Hall–Kier alpha value is -1.65. The summed E-state index contributed by atoms with van der Waals surface area (Å²) in [6.07, 6.45) is 0.654. The molecule has 0 bridgehead atoms. The maximum absolute atomic E-state index is 13.1. The summed E-state index contributed by atoms with van der Waals surface area (Å²) in [5.74, 6) is -0.900. The molecule has 1 aromatic heterocycles. The lowest BCUT2D eigenvalue weighted by molar-refractivity contribution is 0.102. The SMILES string of the molecule is CCc1cc(C(=O)Nc2cc(F)ccc2Cl)cc(Cl)n1. The minimum atomic E-state index is -0.480. The highest BCUT2D eigenvalue weighted by Gasteiger charge is 2.11. The van der Waals surface area contributed by atoms with Gasteiger partial charge in [-0.2, -0.15) is 0 Å². The Labute approximate surface area is 125 Å². The van der Waals surface area contributed by atoms with Gasteiger partial charge in [-0.15, -0.1) is 0 Å². The first-order valence-electron chi connectivity index (χ1n) is 5.92. The van der Waals surface area contributed by atoms with Gasteiger partial charge in [0.25, 0.3) is 5.91 Å². The third-order valence-electron chi connectivity index (χ3n) is 2.65. The van der Waals surface area contributed by atoms with Crippen LogP contribution in [0.4, 0.5) is 10.1 Å². The van der Waals surface area contributed by atoms with Crippen LogP contribution in [0.1, 0.15) is 23.0 Å². The third kappa shape index (κ3) is 3.46. The molecule has 0 radical (unpaired) electrons. The summed E-state index contributed by atoms with van der Waals surface area (Å²) >= 11 is 11.8. The van der Waals surface area contributed by atoms with Gasteiger partial charge >= 0.3 is 0 Å². The molecule has 0 saturated carbocycles. The Kier molecular flexibility index (Phi) is 4.57. The van der Waals surface area contributed by atoms with Gasteiger partial charge in [0.15, 0.2) is 0 Å². The molecule has 0 spiro atoms. The zero-order valence-corrected chi connectivity index (χ0v) is 12.1. The van der Waals surface area contributed by atoms with E-state index in [1.165, 1.54) is 18.2 Å². The van der Waals surface area contributed by atoms with Gasteiger partial charge in [-0.1, -0.05) is 30.1 Å². The van der Waals surface area contributed by atoms with Crippen molar-refractivity contribution in [3.63, 3.8) is 0 Å². The monoisotopic (exact) mass is 312 g/mol. The van der Waals surface area contributed by atoms with Crippen LogP contribution in [0.3, 0.4) is 0 Å². The number of aromatic nitrogens is 1. The second kappa shape index (κ2) is 6.20. The molecule has 6 heteroatoms. The highest BCUT2D eigenvalue weighted by molar-refractivity contribution is 6.34. The van der Waals surface area contributed by atoms with Crippen molar-refractivity contribution in [1.82, 2.24) is 4.98 Å². The fraction of sp³-hybridized carbons (Fsp3) is 0.143. The molecule has 0 fully saturated rings. The van der Waals surface area contributed by atoms with Crippen LogP contribution in [-0.2, 0) is 6.42 Å². The molecule has 1 aromatic carbocycles. The number of nitrogens with one attached hydrogen (secondary N) is 1. The van der Waals surface area contributed by atoms with Crippen LogP contribution in [0.25, 0.3) is 0 Å². The molecule has 1 amide bonds. The van der Waals surface area contributed by atoms with Crippen LogP contribution in [-0.4, -0.2) is 10.9 Å². The molecule has 20 heavy (non-hydrogen) atoms. The van der Waals surface area contributed by atoms with Gasteiger partial charge in [-0.25, -0.2) is 9.37 Å². The van der Waals surface area contributed by atoms with Crippen molar-refractivity contribution in [2.45, 2.75) is 13.3 Å². The molecule has 2 rings (SSSR count). The van der Waals surface area contributed by atoms with E-state index in [1.807, 2.05) is 6.92 Å². The van der Waals surface area contributed by atoms with Crippen LogP contribution in [0, 0.1) is 5.82 Å². The topological polar surface area (TPSA) is 42.0 Å². The molecule has 3 nitrogen and oxygen atoms in total. The summed E-state index contributed by atoms with van der Waals surface area (Å²) < 4.78 is 13.1. The average molecular weight is 313 g/mol. The maximum Gasteiger partial charge on any atom is 0.255 e. The predicted octanol–water partition coefficient (Wildman–Crippen LogP) is 4.34. The van der Waals surface area contributed by atoms with Crippen molar-refractivity contribution in [2.75, 3.05) is 5.32 Å². The van der Waals surface area contributed by atoms with E-state index in [-0.39, 0.29) is 15.9 Å². The number of nitrogens with zero attached hydrogens (tertiary/aromatic N) is 1. The number of pyridine rings is 1. The van der Waals surface area contributed by atoms with Gasteiger partial charge in [-0.05, 0) is 36.8 Å². The minimum Gasteiger partial charge on any atom is -0.321 e. The second-order valence-electron chi connectivity index (χ2n) is 4.10. The van der Waals surface area contributed by atoms with Crippen molar-refractivity contribution in [3.8, 4) is 0 Å². The van der Waals surface area contributed by atoms with E-state index in [1.54, 1.807) is 6.07 Å². The number of carbonyl (C=O) groups is 1. The molecule has 1 N–H and O–H groups in total. The molecule has 0 aliphatic carbocycles. The lowest BCUT2D eigenvalue weighted by atomic mass is 10.2. The van der Waals surface area contributed by atoms with E-state index >= 15 is 0 Å². The number of halogens is 3. The van der Waals surface area contributed by atoms with E-state index in [4.69, 9.17) is 23.2 Å². The van der Waals surface area contributed by atoms with E-state index in [0.29, 0.717) is 17.7 Å². The van der Waals surface area contributed by atoms with Crippen molar-refractivity contribution in [2.24, 2.45) is 0 Å². The number of hydrogen-bond donors (Lipinski definition) is 1. The second-order valence-corrected chi connectivity index (χ2v) is 4.90. The van der Waals surface area contributed by atoms with Gasteiger partial charge in [-0.3, -0.25) is 4.79 Å². The number of carbonyl (C=O) groups excluding carboxylic acids is 1. The van der Waals surface area contributed by atoms with E-state index < -0.39 is 11.7 Å². The fourth-order valence-corrected chi connectivity index (χ4v) is 2.04. The van der Waals surface area contributed by atoms with Crippen molar-refractivity contribution in [1.29, 1.82) is 0 Å². The summed E-state index contributed by atoms with van der Waals surface area (Å²) in [5.41, 5.74) is 1.26. The van der Waals surface area contributed by atoms with Crippen LogP contribution < -0.4 is 5.32 Å². The van der Waals surface area contributed by atoms with E-state index in [9.17, 15) is 9.18 Å². The predicted molar refractivity (Wildman–Crippen MR) is 78.0 cm³/mol. The van der Waals surface area contributed by atoms with Gasteiger partial charge in [0, 0.05) is 11.3 Å². The van der Waals surface area contributed by atoms with Crippen LogP contribution >= 0.6 is 23.2 Å². The summed E-state index contributed by atoms with van der Waals surface area (Å²) in [6, 6.07) is 6.83. The third-order valence-corrected chi connectivity index (χ3v) is 3.17. The highest BCUT2D eigenvalue weighted by Crippen LogP contribution is 2.23. The molecule has 0 atom stereocenters. The lowest BCUT2D eigenvalue weighted by Crippen LogP contribution is -2.13. The van der Waals surface area contributed by atoms with Crippen molar-refractivity contribution >= 4 is 34.8 Å². The smallest absolute Gasteiger partial charge is 0.255 e. The largest absolute Gasteiger partial charge is 0.321 e. The number of anilines is 1. The number of benzene rings is 1. The van der Waals surface area contributed by atoms with Crippen molar-refractivity contribution < 1.29 is 9.18 Å². The molecule has 2 aromatic rings. The molecule has 1 heterocycles. The molecule has 0 unspecified atom stereocenters. The van der Waals surface area contributed by atoms with E-state index in [2.05, 4.69) is 10.3 Å². The lowest BCUT2D eigenvalue weighted by Gasteiger charge is -2.08. The van der Waals surface area contributed by atoms with Gasteiger partial charge in [0.05, 0.1) is 10.7 Å². The Bertz CT molecular complexity index is 662. The zero-order valence-electron chi connectivity index (χ0n) is 10.6. The van der Waals surface area contributed by atoms with Gasteiger partial charge in [0.2, 0.25) is 0 Å². The molecular formula is C14H11Cl2FN2O. The quantitative estimate of drug-likeness (QED) is 0.856. The molecule has 0 aliphatic rings. The summed E-state index contributed by atoms with van der Waals surface area (Å²) in [6.45, 7) is 1.91. The maximum atomic E-state index is 13.1. The Morgan fingerprint density at radius 3 is 2.75 bits per heavy atom. The first-order chi connectivity index (χ1) is 9.49. The number of hydrogen-bond acceptors (Lipinski definition) is 2. The first-order valence-corrected chi connectivity index (χ1v) is 6.68. The number of amides is 1. The average Bonchev–Trinajstić information content (AvgIpc) is 2.42. The minimum absolute atomic E-state index is 0.211. The first kappa shape index (κ1) is 14.8. The zero-order chi connectivity index (χ0) is 14.7. The van der Waals surface area contributed by atoms with Crippen LogP contribution in [0.2, 0.25) is 10.2 Å². The van der Waals surface area contributed by atoms with E-state index in [0.717, 1.165) is 6.07 Å². The highest BCUT2D eigenvalue weighted by atomic mass is 35.5.